The molecule has 1 nitrogen and oxygen atoms in total. The van der Waals surface area contributed by atoms with Gasteiger partial charge < -0.3 is 0 Å². The van der Waals surface area contributed by atoms with Crippen molar-refractivity contribution >= 4 is 5.78 Å². The third-order valence-corrected chi connectivity index (χ3v) is 1.54. The molecule has 1 atom stereocenters. The van der Waals surface area contributed by atoms with Crippen molar-refractivity contribution in [1.82, 2.24) is 0 Å². The molecular formula is C10H12FO+. The van der Waals surface area contributed by atoms with E-state index in [0.29, 0.717) is 0 Å². The zero-order chi connectivity index (χ0) is 8.97. The predicted molar refractivity (Wildman–Crippen MR) is 47.9 cm³/mol. The Bertz CT molecular complexity index is 252. The van der Waals surface area contributed by atoms with Gasteiger partial charge in [0.15, 0.2) is 0 Å². The van der Waals surface area contributed by atoms with Gasteiger partial charge in [-0.25, -0.2) is 4.39 Å². The van der Waals surface area contributed by atoms with Crippen LogP contribution in [-0.4, -0.2) is 19.1 Å². The van der Waals surface area contributed by atoms with Gasteiger partial charge in [0.05, 0.1) is 0 Å². The van der Waals surface area contributed by atoms with E-state index >= 15 is 0 Å². The number of halogens is 1. The number of ketones is 1. The summed E-state index contributed by atoms with van der Waals surface area (Å²) in [5.41, 5.74) is 0.880. The van der Waals surface area contributed by atoms with Crippen LogP contribution in [-0.2, 0) is 4.42 Å². The molecule has 0 bridgehead atoms. The van der Waals surface area contributed by atoms with E-state index in [9.17, 15) is 4.39 Å². The van der Waals surface area contributed by atoms with Crippen LogP contribution in [0.2, 0.25) is 0 Å². The van der Waals surface area contributed by atoms with Crippen molar-refractivity contribution < 1.29 is 8.82 Å². The Morgan fingerprint density at radius 1 is 1.33 bits per heavy atom. The quantitative estimate of drug-likeness (QED) is 0.530. The first kappa shape index (κ1) is 8.91. The van der Waals surface area contributed by atoms with Crippen LogP contribution in [0, 0.1) is 0 Å². The fraction of sp³-hybridized carbons (Fsp3) is 0.300. The van der Waals surface area contributed by atoms with Gasteiger partial charge in [0, 0.05) is 12.2 Å². The number of alkyl halides is 1. The Hall–Kier alpha value is -1.18. The van der Waals surface area contributed by atoms with Gasteiger partial charge in [0.1, 0.15) is 6.17 Å². The number of allylic oxidation sites excluding steroid dienone is 6. The summed E-state index contributed by atoms with van der Waals surface area (Å²) in [7, 11) is 1.61. The van der Waals surface area contributed by atoms with Crippen LogP contribution >= 0.6 is 0 Å². The normalized spacial score (nSPS) is 17.9. The SMILES string of the molecule is C[O+]=C1C=CC(=CC(C)F)C=C1. The summed E-state index contributed by atoms with van der Waals surface area (Å²) in [5, 5.41) is 0. The lowest BCUT2D eigenvalue weighted by atomic mass is 10.1. The summed E-state index contributed by atoms with van der Waals surface area (Å²) < 4.78 is 17.4. The van der Waals surface area contributed by atoms with E-state index in [-0.39, 0.29) is 0 Å². The number of rotatable bonds is 1. The van der Waals surface area contributed by atoms with Crippen molar-refractivity contribution in [3.63, 3.8) is 0 Å². The molecule has 0 aromatic heterocycles. The predicted octanol–water partition coefficient (Wildman–Crippen LogP) is 2.13. The fourth-order valence-electron chi connectivity index (χ4n) is 0.980. The third-order valence-electron chi connectivity index (χ3n) is 1.54. The molecule has 0 amide bonds. The van der Waals surface area contributed by atoms with E-state index in [1.807, 2.05) is 24.3 Å². The lowest BCUT2D eigenvalue weighted by molar-refractivity contribution is -0.417. The van der Waals surface area contributed by atoms with Crippen LogP contribution in [0.1, 0.15) is 6.92 Å². The molecule has 1 rings (SSSR count). The lowest BCUT2D eigenvalue weighted by Crippen LogP contribution is -1.97. The number of hydrogen-bond donors (Lipinski definition) is 0. The van der Waals surface area contributed by atoms with Crippen LogP contribution in [0.3, 0.4) is 0 Å². The van der Waals surface area contributed by atoms with Gasteiger partial charge in [-0.15, -0.1) is 0 Å². The molecule has 12 heavy (non-hydrogen) atoms. The minimum Gasteiger partial charge on any atom is -0.258 e. The Labute approximate surface area is 71.6 Å². The third kappa shape index (κ3) is 2.46. The van der Waals surface area contributed by atoms with Crippen molar-refractivity contribution in [3.8, 4) is 0 Å². The molecule has 1 aliphatic carbocycles. The molecule has 1 unspecified atom stereocenters. The van der Waals surface area contributed by atoms with Crippen molar-refractivity contribution in [2.75, 3.05) is 7.11 Å². The van der Waals surface area contributed by atoms with Gasteiger partial charge in [0.25, 0.3) is 7.11 Å². The summed E-state index contributed by atoms with van der Waals surface area (Å²) >= 11 is 0. The Kier molecular flexibility index (Phi) is 2.97. The van der Waals surface area contributed by atoms with E-state index in [2.05, 4.69) is 0 Å². The van der Waals surface area contributed by atoms with E-state index < -0.39 is 6.17 Å². The van der Waals surface area contributed by atoms with Crippen molar-refractivity contribution in [3.05, 3.63) is 36.0 Å². The monoisotopic (exact) mass is 167 g/mol. The van der Waals surface area contributed by atoms with Gasteiger partial charge in [-0.1, -0.05) is 0 Å². The average molecular weight is 167 g/mol. The minimum absolute atomic E-state index is 0.790. The van der Waals surface area contributed by atoms with Crippen LogP contribution in [0.4, 0.5) is 4.39 Å². The maximum atomic E-state index is 12.5. The second kappa shape index (κ2) is 4.00. The molecule has 0 spiro atoms. The maximum Gasteiger partial charge on any atom is 0.343 e. The Morgan fingerprint density at radius 3 is 2.33 bits per heavy atom. The van der Waals surface area contributed by atoms with Gasteiger partial charge >= 0.3 is 5.78 Å². The highest BCUT2D eigenvalue weighted by Crippen LogP contribution is 2.08. The Morgan fingerprint density at radius 2 is 1.92 bits per heavy atom. The van der Waals surface area contributed by atoms with Crippen LogP contribution < -0.4 is 0 Å². The molecule has 0 radical (unpaired) electrons. The van der Waals surface area contributed by atoms with Crippen LogP contribution in [0.5, 0.6) is 0 Å². The number of hydrogen-bond acceptors (Lipinski definition) is 0. The summed E-state index contributed by atoms with van der Waals surface area (Å²) in [6, 6.07) is 0. The van der Waals surface area contributed by atoms with Gasteiger partial charge in [0.2, 0.25) is 0 Å². The van der Waals surface area contributed by atoms with Gasteiger partial charge in [-0.3, -0.25) is 4.42 Å². The molecule has 1 aliphatic rings. The second-order valence-corrected chi connectivity index (χ2v) is 2.62. The summed E-state index contributed by atoms with van der Waals surface area (Å²) in [6.45, 7) is 1.50. The standard InChI is InChI=1S/C10H12FO/c1-8(11)7-9-3-5-10(12-2)6-4-9/h3-8H,1-2H3/q+1. The van der Waals surface area contributed by atoms with E-state index in [0.717, 1.165) is 11.4 Å². The zero-order valence-corrected chi connectivity index (χ0v) is 7.25. The summed E-state index contributed by atoms with van der Waals surface area (Å²) in [5.74, 6) is 0.790. The highest BCUT2D eigenvalue weighted by molar-refractivity contribution is 6.01. The minimum atomic E-state index is -0.904. The van der Waals surface area contributed by atoms with Gasteiger partial charge in [-0.2, -0.15) is 0 Å². The van der Waals surface area contributed by atoms with Crippen molar-refractivity contribution in [2.24, 2.45) is 0 Å². The van der Waals surface area contributed by atoms with Crippen molar-refractivity contribution in [1.29, 1.82) is 0 Å². The molecule has 0 N–H and O–H groups in total. The largest absolute Gasteiger partial charge is 0.343 e. The molecule has 0 fully saturated rings. The second-order valence-electron chi connectivity index (χ2n) is 2.62. The molecule has 2 heteroatoms. The summed E-state index contributed by atoms with van der Waals surface area (Å²) in [6.07, 6.45) is 7.93. The molecule has 0 aliphatic heterocycles. The maximum absolute atomic E-state index is 12.5. The van der Waals surface area contributed by atoms with Crippen LogP contribution in [0.25, 0.3) is 0 Å². The summed E-state index contributed by atoms with van der Waals surface area (Å²) in [4.78, 5) is 0. The highest BCUT2D eigenvalue weighted by Gasteiger charge is 2.05. The van der Waals surface area contributed by atoms with Gasteiger partial charge in [-0.05, 0) is 30.7 Å². The highest BCUT2D eigenvalue weighted by atomic mass is 19.1. The molecule has 64 valence electrons. The first-order valence-electron chi connectivity index (χ1n) is 3.85. The topological polar surface area (TPSA) is 11.3 Å². The fourth-order valence-corrected chi connectivity index (χ4v) is 0.980. The molecule has 0 aromatic carbocycles. The average Bonchev–Trinajstić information content (AvgIpc) is 2.05. The first-order chi connectivity index (χ1) is 5.72. The van der Waals surface area contributed by atoms with E-state index in [1.165, 1.54) is 6.92 Å². The Balaban J connectivity index is 2.73. The molecular weight excluding hydrogens is 155 g/mol. The van der Waals surface area contributed by atoms with Crippen LogP contribution in [0.15, 0.2) is 36.0 Å². The lowest BCUT2D eigenvalue weighted by Gasteiger charge is -1.97. The molecule has 0 heterocycles. The number of carbonyl (C=O) groups excluding carboxylic acids is 1. The zero-order valence-electron chi connectivity index (χ0n) is 7.25. The molecule has 0 aromatic rings. The van der Waals surface area contributed by atoms with Crippen molar-refractivity contribution in [2.45, 2.75) is 13.1 Å². The van der Waals surface area contributed by atoms with E-state index in [1.54, 1.807) is 13.2 Å². The smallest absolute Gasteiger partial charge is 0.258 e. The van der Waals surface area contributed by atoms with E-state index in [4.69, 9.17) is 4.42 Å². The first-order valence-corrected chi connectivity index (χ1v) is 3.85. The molecule has 0 saturated carbocycles. The molecule has 0 saturated heterocycles.